The minimum absolute atomic E-state index is 0.296. The van der Waals surface area contributed by atoms with Crippen LogP contribution in [0.3, 0.4) is 0 Å². The van der Waals surface area contributed by atoms with Crippen LogP contribution in [-0.4, -0.2) is 29.5 Å². The number of rotatable bonds is 3. The van der Waals surface area contributed by atoms with Gasteiger partial charge in [0.15, 0.2) is 0 Å². The van der Waals surface area contributed by atoms with Gasteiger partial charge in [-0.2, -0.15) is 0 Å². The second-order valence-electron chi connectivity index (χ2n) is 5.70. The molecule has 1 aromatic heterocycles. The maximum atomic E-state index is 12.4. The largest absolute Gasteiger partial charge is 0.493 e. The molecule has 0 fully saturated rings. The molecule has 0 aliphatic carbocycles. The minimum atomic E-state index is -0.485. The molecule has 23 heavy (non-hydrogen) atoms. The van der Waals surface area contributed by atoms with Gasteiger partial charge in [-0.1, -0.05) is 18.2 Å². The fourth-order valence-electron chi connectivity index (χ4n) is 2.73. The molecule has 3 rings (SSSR count). The van der Waals surface area contributed by atoms with Crippen molar-refractivity contribution >= 4 is 11.8 Å². The average molecular weight is 316 g/mol. The zero-order valence-electron chi connectivity index (χ0n) is 13.4. The number of ether oxygens (including phenoxy) is 2. The van der Waals surface area contributed by atoms with E-state index < -0.39 is 5.54 Å². The van der Waals surface area contributed by atoms with E-state index in [-0.39, 0.29) is 6.03 Å². The normalized spacial score (nSPS) is 19.4. The Morgan fingerprint density at radius 1 is 1.43 bits per heavy atom. The summed E-state index contributed by atoms with van der Waals surface area (Å²) in [5.74, 6) is 1.82. The Kier molecular flexibility index (Phi) is 3.85. The summed E-state index contributed by atoms with van der Waals surface area (Å²) in [4.78, 5) is 12.4. The summed E-state index contributed by atoms with van der Waals surface area (Å²) in [5, 5.41) is 9.95. The fourth-order valence-corrected chi connectivity index (χ4v) is 2.73. The van der Waals surface area contributed by atoms with Gasteiger partial charge in [-0.25, -0.2) is 9.48 Å². The quantitative estimate of drug-likeness (QED) is 0.910. The first-order chi connectivity index (χ1) is 11.0. The molecule has 2 N–H and O–H groups in total. The van der Waals surface area contributed by atoms with E-state index in [9.17, 15) is 4.79 Å². The predicted octanol–water partition coefficient (Wildman–Crippen LogP) is 2.25. The third-order valence-corrected chi connectivity index (χ3v) is 4.04. The van der Waals surface area contributed by atoms with Gasteiger partial charge < -0.3 is 14.8 Å². The van der Waals surface area contributed by atoms with Gasteiger partial charge in [-0.15, -0.1) is 5.10 Å². The molecule has 1 aliphatic rings. The van der Waals surface area contributed by atoms with E-state index in [2.05, 4.69) is 15.7 Å². The molecule has 122 valence electrons. The SMILES string of the molecule is COc1cc(NC(=O)NC2(C)CCOc3ccccc32)n(C)n1. The summed E-state index contributed by atoms with van der Waals surface area (Å²) in [7, 11) is 3.27. The van der Waals surface area contributed by atoms with Gasteiger partial charge in [0.2, 0.25) is 5.88 Å². The highest BCUT2D eigenvalue weighted by Gasteiger charge is 2.34. The lowest BCUT2D eigenvalue weighted by Gasteiger charge is -2.36. The van der Waals surface area contributed by atoms with E-state index in [1.807, 2.05) is 31.2 Å². The van der Waals surface area contributed by atoms with Crippen molar-refractivity contribution in [2.45, 2.75) is 18.9 Å². The molecule has 1 atom stereocenters. The Bertz CT molecular complexity index is 728. The van der Waals surface area contributed by atoms with E-state index in [1.54, 1.807) is 17.8 Å². The Labute approximate surface area is 134 Å². The zero-order valence-corrected chi connectivity index (χ0v) is 13.4. The first kappa shape index (κ1) is 15.2. The molecule has 1 aliphatic heterocycles. The monoisotopic (exact) mass is 316 g/mol. The van der Waals surface area contributed by atoms with E-state index in [4.69, 9.17) is 9.47 Å². The Morgan fingerprint density at radius 2 is 2.22 bits per heavy atom. The second kappa shape index (κ2) is 5.83. The number of nitrogens with one attached hydrogen (secondary N) is 2. The zero-order chi connectivity index (χ0) is 16.4. The predicted molar refractivity (Wildman–Crippen MR) is 85.8 cm³/mol. The maximum Gasteiger partial charge on any atom is 0.321 e. The summed E-state index contributed by atoms with van der Waals surface area (Å²) < 4.78 is 12.3. The number of urea groups is 1. The number of amides is 2. The molecule has 0 saturated heterocycles. The van der Waals surface area contributed by atoms with Crippen LogP contribution >= 0.6 is 0 Å². The lowest BCUT2D eigenvalue weighted by molar-refractivity contribution is 0.194. The smallest absolute Gasteiger partial charge is 0.321 e. The van der Waals surface area contributed by atoms with Gasteiger partial charge >= 0.3 is 6.03 Å². The van der Waals surface area contributed by atoms with Crippen LogP contribution in [0.1, 0.15) is 18.9 Å². The van der Waals surface area contributed by atoms with Crippen LogP contribution < -0.4 is 20.1 Å². The third kappa shape index (κ3) is 2.94. The van der Waals surface area contributed by atoms with Crippen LogP contribution in [0.15, 0.2) is 30.3 Å². The number of hydrogen-bond donors (Lipinski definition) is 2. The molecule has 1 aromatic carbocycles. The molecule has 2 aromatic rings. The number of methoxy groups -OCH3 is 1. The standard InChI is InChI=1S/C16H20N4O3/c1-16(8-9-23-12-7-5-4-6-11(12)16)18-15(21)17-13-10-14(22-3)19-20(13)2/h4-7,10H,8-9H2,1-3H3,(H2,17,18,21). The Morgan fingerprint density at radius 3 is 2.96 bits per heavy atom. The van der Waals surface area contributed by atoms with Gasteiger partial charge in [0, 0.05) is 25.1 Å². The van der Waals surface area contributed by atoms with Gasteiger partial charge in [-0.05, 0) is 13.0 Å². The lowest BCUT2D eigenvalue weighted by Crippen LogP contribution is -2.48. The Hall–Kier alpha value is -2.70. The molecule has 0 bridgehead atoms. The fraction of sp³-hybridized carbons (Fsp3) is 0.375. The van der Waals surface area contributed by atoms with Crippen molar-refractivity contribution in [2.75, 3.05) is 19.0 Å². The van der Waals surface area contributed by atoms with Crippen LogP contribution in [-0.2, 0) is 12.6 Å². The number of para-hydroxylation sites is 1. The summed E-state index contributed by atoms with van der Waals surface area (Å²) in [6.07, 6.45) is 0.701. The third-order valence-electron chi connectivity index (χ3n) is 4.04. The van der Waals surface area contributed by atoms with Crippen molar-refractivity contribution in [3.05, 3.63) is 35.9 Å². The molecule has 0 spiro atoms. The van der Waals surface area contributed by atoms with E-state index in [0.717, 1.165) is 11.3 Å². The summed E-state index contributed by atoms with van der Waals surface area (Å²) in [6, 6.07) is 9.12. The van der Waals surface area contributed by atoms with E-state index in [0.29, 0.717) is 24.7 Å². The maximum absolute atomic E-state index is 12.4. The van der Waals surface area contributed by atoms with Crippen molar-refractivity contribution in [2.24, 2.45) is 7.05 Å². The van der Waals surface area contributed by atoms with Crippen LogP contribution in [0.2, 0.25) is 0 Å². The lowest BCUT2D eigenvalue weighted by atomic mass is 9.86. The number of nitrogens with zero attached hydrogens (tertiary/aromatic N) is 2. The van der Waals surface area contributed by atoms with Gasteiger partial charge in [0.05, 0.1) is 19.3 Å². The van der Waals surface area contributed by atoms with Crippen molar-refractivity contribution in [3.8, 4) is 11.6 Å². The van der Waals surface area contributed by atoms with Crippen molar-refractivity contribution < 1.29 is 14.3 Å². The number of carbonyl (C=O) groups excluding carboxylic acids is 1. The first-order valence-corrected chi connectivity index (χ1v) is 7.41. The summed E-state index contributed by atoms with van der Waals surface area (Å²) in [6.45, 7) is 2.56. The highest BCUT2D eigenvalue weighted by molar-refractivity contribution is 5.89. The van der Waals surface area contributed by atoms with Crippen LogP contribution in [0.5, 0.6) is 11.6 Å². The van der Waals surface area contributed by atoms with Crippen molar-refractivity contribution in [3.63, 3.8) is 0 Å². The number of benzene rings is 1. The van der Waals surface area contributed by atoms with Gasteiger partial charge in [-0.3, -0.25) is 5.32 Å². The average Bonchev–Trinajstić information content (AvgIpc) is 2.87. The topological polar surface area (TPSA) is 77.4 Å². The van der Waals surface area contributed by atoms with Crippen LogP contribution in [0.25, 0.3) is 0 Å². The second-order valence-corrected chi connectivity index (χ2v) is 5.70. The minimum Gasteiger partial charge on any atom is -0.493 e. The van der Waals surface area contributed by atoms with E-state index >= 15 is 0 Å². The molecule has 7 heteroatoms. The molecule has 0 radical (unpaired) electrons. The molecule has 2 heterocycles. The highest BCUT2D eigenvalue weighted by Crippen LogP contribution is 2.36. The van der Waals surface area contributed by atoms with Crippen LogP contribution in [0, 0.1) is 0 Å². The summed E-state index contributed by atoms with van der Waals surface area (Å²) in [5.41, 5.74) is 0.491. The van der Waals surface area contributed by atoms with E-state index in [1.165, 1.54) is 7.11 Å². The molecule has 1 unspecified atom stereocenters. The number of aryl methyl sites for hydroxylation is 1. The van der Waals surface area contributed by atoms with Crippen LogP contribution in [0.4, 0.5) is 10.6 Å². The molecule has 2 amide bonds. The Balaban J connectivity index is 1.76. The molecular formula is C16H20N4O3. The number of carbonyl (C=O) groups is 1. The van der Waals surface area contributed by atoms with Gasteiger partial charge in [0.1, 0.15) is 11.6 Å². The molecule has 7 nitrogen and oxygen atoms in total. The number of aromatic nitrogens is 2. The first-order valence-electron chi connectivity index (χ1n) is 7.41. The molecular weight excluding hydrogens is 296 g/mol. The van der Waals surface area contributed by atoms with Crippen molar-refractivity contribution in [1.82, 2.24) is 15.1 Å². The summed E-state index contributed by atoms with van der Waals surface area (Å²) >= 11 is 0. The van der Waals surface area contributed by atoms with Gasteiger partial charge in [0.25, 0.3) is 0 Å². The highest BCUT2D eigenvalue weighted by atomic mass is 16.5. The number of fused-ring (bicyclic) bond motifs is 1. The van der Waals surface area contributed by atoms with Crippen molar-refractivity contribution in [1.29, 1.82) is 0 Å². The number of hydrogen-bond acceptors (Lipinski definition) is 4. The number of anilines is 1. The molecule has 0 saturated carbocycles.